The number of aromatic nitrogens is 4. The molecule has 0 aliphatic carbocycles. The highest BCUT2D eigenvalue weighted by molar-refractivity contribution is 6.30. The molecule has 1 aliphatic heterocycles. The van der Waals surface area contributed by atoms with E-state index in [1.54, 1.807) is 4.80 Å². The first-order chi connectivity index (χ1) is 8.81. The van der Waals surface area contributed by atoms with E-state index in [1.165, 1.54) is 6.42 Å². The number of halogens is 1. The van der Waals surface area contributed by atoms with Gasteiger partial charge in [-0.1, -0.05) is 11.6 Å². The fourth-order valence-electron chi connectivity index (χ4n) is 2.14. The second-order valence-electron chi connectivity index (χ2n) is 4.53. The van der Waals surface area contributed by atoms with Gasteiger partial charge in [0.2, 0.25) is 5.82 Å². The van der Waals surface area contributed by atoms with Gasteiger partial charge in [-0.2, -0.15) is 4.80 Å². The molecule has 2 aromatic rings. The van der Waals surface area contributed by atoms with Crippen LogP contribution in [-0.4, -0.2) is 33.3 Å². The third-order valence-electron chi connectivity index (χ3n) is 3.14. The summed E-state index contributed by atoms with van der Waals surface area (Å²) in [5, 5.41) is 16.6. The molecule has 0 amide bonds. The zero-order chi connectivity index (χ0) is 12.4. The fraction of sp³-hybridized carbons (Fsp3) is 0.417. The van der Waals surface area contributed by atoms with Crippen molar-refractivity contribution in [3.8, 4) is 11.4 Å². The van der Waals surface area contributed by atoms with Crippen LogP contribution in [0.3, 0.4) is 0 Å². The second kappa shape index (κ2) is 5.04. The minimum atomic E-state index is 0.609. The Hall–Kier alpha value is -1.46. The monoisotopic (exact) mass is 263 g/mol. The summed E-state index contributed by atoms with van der Waals surface area (Å²) in [5.74, 6) is 1.26. The summed E-state index contributed by atoms with van der Waals surface area (Å²) in [6.07, 6.45) is 1.18. The van der Waals surface area contributed by atoms with Crippen LogP contribution in [0.2, 0.25) is 5.02 Å². The Morgan fingerprint density at radius 1 is 1.33 bits per heavy atom. The van der Waals surface area contributed by atoms with E-state index < -0.39 is 0 Å². The molecule has 3 rings (SSSR count). The average Bonchev–Trinajstić information content (AvgIpc) is 3.02. The molecule has 0 spiro atoms. The van der Waals surface area contributed by atoms with Crippen molar-refractivity contribution in [2.75, 3.05) is 13.1 Å². The van der Waals surface area contributed by atoms with Crippen molar-refractivity contribution in [3.05, 3.63) is 29.3 Å². The number of nitrogens with one attached hydrogen (secondary N) is 1. The molecule has 0 bridgehead atoms. The van der Waals surface area contributed by atoms with Gasteiger partial charge in [0.05, 0.1) is 6.54 Å². The lowest BCUT2D eigenvalue weighted by Gasteiger charge is -2.04. The smallest absolute Gasteiger partial charge is 0.204 e. The van der Waals surface area contributed by atoms with E-state index in [2.05, 4.69) is 20.7 Å². The van der Waals surface area contributed by atoms with Crippen LogP contribution in [0.1, 0.15) is 6.42 Å². The lowest BCUT2D eigenvalue weighted by molar-refractivity contribution is 0.405. The van der Waals surface area contributed by atoms with Crippen molar-refractivity contribution in [1.82, 2.24) is 25.5 Å². The number of benzene rings is 1. The van der Waals surface area contributed by atoms with Gasteiger partial charge in [-0.15, -0.1) is 10.2 Å². The lowest BCUT2D eigenvalue weighted by Crippen LogP contribution is -2.16. The third kappa shape index (κ3) is 2.52. The lowest BCUT2D eigenvalue weighted by atomic mass is 10.1. The highest BCUT2D eigenvalue weighted by Crippen LogP contribution is 2.17. The molecule has 1 fully saturated rings. The van der Waals surface area contributed by atoms with E-state index in [-0.39, 0.29) is 0 Å². The third-order valence-corrected chi connectivity index (χ3v) is 3.39. The average molecular weight is 264 g/mol. The number of rotatable bonds is 3. The van der Waals surface area contributed by atoms with Gasteiger partial charge >= 0.3 is 0 Å². The van der Waals surface area contributed by atoms with Gasteiger partial charge < -0.3 is 5.32 Å². The molecule has 0 radical (unpaired) electrons. The van der Waals surface area contributed by atoms with Gasteiger partial charge in [0.1, 0.15) is 0 Å². The maximum atomic E-state index is 5.85. The standard InChI is InChI=1S/C12H14ClN5/c13-11-3-1-10(2-4-11)12-15-17-18(16-12)8-9-5-6-14-7-9/h1-4,9,14H,5-8H2/t9-/m1/s1. The number of hydrogen-bond donors (Lipinski definition) is 1. The van der Waals surface area contributed by atoms with E-state index in [1.807, 2.05) is 24.3 Å². The topological polar surface area (TPSA) is 55.6 Å². The van der Waals surface area contributed by atoms with Gasteiger partial charge in [-0.25, -0.2) is 0 Å². The largest absolute Gasteiger partial charge is 0.316 e. The van der Waals surface area contributed by atoms with Crippen molar-refractivity contribution >= 4 is 11.6 Å². The molecule has 1 aliphatic rings. The highest BCUT2D eigenvalue weighted by atomic mass is 35.5. The van der Waals surface area contributed by atoms with Crippen molar-refractivity contribution in [3.63, 3.8) is 0 Å². The first kappa shape index (κ1) is 11.6. The van der Waals surface area contributed by atoms with Crippen LogP contribution in [0, 0.1) is 5.92 Å². The highest BCUT2D eigenvalue weighted by Gasteiger charge is 2.16. The fourth-order valence-corrected chi connectivity index (χ4v) is 2.26. The van der Waals surface area contributed by atoms with Crippen LogP contribution in [0.5, 0.6) is 0 Å². The van der Waals surface area contributed by atoms with Crippen LogP contribution in [0.25, 0.3) is 11.4 Å². The molecule has 1 atom stereocenters. The summed E-state index contributed by atoms with van der Waals surface area (Å²) in [6.45, 7) is 2.95. The molecule has 1 aromatic carbocycles. The first-order valence-electron chi connectivity index (χ1n) is 6.06. The van der Waals surface area contributed by atoms with Gasteiger partial charge in [-0.3, -0.25) is 0 Å². The number of tetrazole rings is 1. The molecule has 5 nitrogen and oxygen atoms in total. The molecule has 1 saturated heterocycles. The normalized spacial score (nSPS) is 19.3. The molecular weight excluding hydrogens is 250 g/mol. The SMILES string of the molecule is Clc1ccc(-c2nnn(C[C@@H]3CCNC3)n2)cc1. The summed E-state index contributed by atoms with van der Waals surface area (Å²) in [4.78, 5) is 1.68. The van der Waals surface area contributed by atoms with E-state index in [0.717, 1.165) is 25.2 Å². The quantitative estimate of drug-likeness (QED) is 0.914. The Bertz CT molecular complexity index is 516. The van der Waals surface area contributed by atoms with Crippen molar-refractivity contribution < 1.29 is 0 Å². The van der Waals surface area contributed by atoms with Gasteiger partial charge in [0.25, 0.3) is 0 Å². The van der Waals surface area contributed by atoms with Gasteiger partial charge in [-0.05, 0) is 54.9 Å². The van der Waals surface area contributed by atoms with Gasteiger partial charge in [0, 0.05) is 10.6 Å². The molecule has 94 valence electrons. The van der Waals surface area contributed by atoms with E-state index >= 15 is 0 Å². The minimum Gasteiger partial charge on any atom is -0.316 e. The van der Waals surface area contributed by atoms with Crippen molar-refractivity contribution in [1.29, 1.82) is 0 Å². The van der Waals surface area contributed by atoms with Crippen LogP contribution in [0.15, 0.2) is 24.3 Å². The molecule has 1 aromatic heterocycles. The Morgan fingerprint density at radius 3 is 2.89 bits per heavy atom. The molecule has 18 heavy (non-hydrogen) atoms. The summed E-state index contributed by atoms with van der Waals surface area (Å²) >= 11 is 5.85. The number of nitrogens with zero attached hydrogens (tertiary/aromatic N) is 4. The summed E-state index contributed by atoms with van der Waals surface area (Å²) in [5.41, 5.74) is 0.940. The van der Waals surface area contributed by atoms with E-state index in [0.29, 0.717) is 16.8 Å². The minimum absolute atomic E-state index is 0.609. The summed E-state index contributed by atoms with van der Waals surface area (Å²) in [6, 6.07) is 7.47. The molecule has 0 unspecified atom stereocenters. The van der Waals surface area contributed by atoms with Crippen LogP contribution in [0.4, 0.5) is 0 Å². The first-order valence-corrected chi connectivity index (χ1v) is 6.43. The van der Waals surface area contributed by atoms with Gasteiger partial charge in [0.15, 0.2) is 0 Å². The second-order valence-corrected chi connectivity index (χ2v) is 4.97. The number of hydrogen-bond acceptors (Lipinski definition) is 4. The maximum absolute atomic E-state index is 5.85. The van der Waals surface area contributed by atoms with E-state index in [9.17, 15) is 0 Å². The Balaban J connectivity index is 1.74. The van der Waals surface area contributed by atoms with Crippen LogP contribution < -0.4 is 5.32 Å². The Labute approximate surface area is 110 Å². The molecule has 2 heterocycles. The Kier molecular flexibility index (Phi) is 3.25. The zero-order valence-electron chi connectivity index (χ0n) is 9.88. The summed E-state index contributed by atoms with van der Waals surface area (Å²) < 4.78 is 0. The maximum Gasteiger partial charge on any atom is 0.204 e. The molecule has 6 heteroatoms. The Morgan fingerprint density at radius 2 is 2.17 bits per heavy atom. The van der Waals surface area contributed by atoms with Crippen molar-refractivity contribution in [2.45, 2.75) is 13.0 Å². The van der Waals surface area contributed by atoms with Crippen LogP contribution >= 0.6 is 11.6 Å². The molecule has 1 N–H and O–H groups in total. The van der Waals surface area contributed by atoms with Crippen molar-refractivity contribution in [2.24, 2.45) is 5.92 Å². The predicted molar refractivity (Wildman–Crippen MR) is 69.2 cm³/mol. The van der Waals surface area contributed by atoms with Crippen LogP contribution in [-0.2, 0) is 6.54 Å². The summed E-state index contributed by atoms with van der Waals surface area (Å²) in [7, 11) is 0. The zero-order valence-corrected chi connectivity index (χ0v) is 10.6. The molecular formula is C12H14ClN5. The van der Waals surface area contributed by atoms with E-state index in [4.69, 9.17) is 11.6 Å². The predicted octanol–water partition coefficient (Wildman–Crippen LogP) is 1.60. The molecule has 0 saturated carbocycles.